The molecule has 3 heterocycles. The van der Waals surface area contributed by atoms with Gasteiger partial charge in [0.2, 0.25) is 0 Å². The molecule has 0 aliphatic carbocycles. The van der Waals surface area contributed by atoms with Crippen molar-refractivity contribution in [1.29, 1.82) is 0 Å². The number of nitrogens with zero attached hydrogens (tertiary/aromatic N) is 4. The van der Waals surface area contributed by atoms with Crippen molar-refractivity contribution in [3.05, 3.63) is 89.3 Å². The molecule has 0 spiro atoms. The van der Waals surface area contributed by atoms with E-state index < -0.39 is 11.7 Å². The van der Waals surface area contributed by atoms with Crippen LogP contribution < -0.4 is 10.1 Å². The van der Waals surface area contributed by atoms with Crippen molar-refractivity contribution in [2.75, 3.05) is 5.32 Å². The molecule has 4 rings (SSSR count). The summed E-state index contributed by atoms with van der Waals surface area (Å²) in [5.41, 5.74) is 1.76. The summed E-state index contributed by atoms with van der Waals surface area (Å²) >= 11 is 6.34. The zero-order chi connectivity index (χ0) is 21.8. The largest absolute Gasteiger partial charge is 0.424 e. The quantitative estimate of drug-likeness (QED) is 0.470. The molecule has 7 nitrogen and oxygen atoms in total. The number of halogens is 2. The van der Waals surface area contributed by atoms with Crippen molar-refractivity contribution in [2.24, 2.45) is 0 Å². The lowest BCUT2D eigenvalue weighted by Gasteiger charge is -2.10. The van der Waals surface area contributed by atoms with Crippen molar-refractivity contribution >= 4 is 23.3 Å². The molecule has 1 aromatic carbocycles. The minimum absolute atomic E-state index is 0.141. The van der Waals surface area contributed by atoms with Crippen LogP contribution in [0.15, 0.2) is 67.4 Å². The minimum atomic E-state index is -0.548. The third-order valence-electron chi connectivity index (χ3n) is 4.40. The normalized spacial score (nSPS) is 10.5. The fourth-order valence-corrected chi connectivity index (χ4v) is 3.00. The fourth-order valence-electron chi connectivity index (χ4n) is 2.77. The van der Waals surface area contributed by atoms with Crippen LogP contribution in [-0.4, -0.2) is 25.8 Å². The fraction of sp³-hybridized carbons (Fsp3) is 0.0455. The molecule has 31 heavy (non-hydrogen) atoms. The van der Waals surface area contributed by atoms with E-state index in [0.29, 0.717) is 27.7 Å². The summed E-state index contributed by atoms with van der Waals surface area (Å²) < 4.78 is 19.3. The first-order valence-corrected chi connectivity index (χ1v) is 9.51. The van der Waals surface area contributed by atoms with Crippen molar-refractivity contribution in [3.8, 4) is 22.9 Å². The number of ether oxygens (including phenoxy) is 1. The van der Waals surface area contributed by atoms with Gasteiger partial charge in [0, 0.05) is 46.5 Å². The Kier molecular flexibility index (Phi) is 5.81. The summed E-state index contributed by atoms with van der Waals surface area (Å²) in [7, 11) is 0. The first kappa shape index (κ1) is 20.4. The van der Waals surface area contributed by atoms with Crippen LogP contribution >= 0.6 is 11.6 Å². The lowest BCUT2D eigenvalue weighted by atomic mass is 10.1. The molecule has 9 heteroatoms. The van der Waals surface area contributed by atoms with Gasteiger partial charge in [-0.3, -0.25) is 9.78 Å². The third kappa shape index (κ3) is 4.65. The second-order valence-corrected chi connectivity index (χ2v) is 6.86. The smallest absolute Gasteiger partial charge is 0.321 e. The highest BCUT2D eigenvalue weighted by molar-refractivity contribution is 6.33. The summed E-state index contributed by atoms with van der Waals surface area (Å²) in [6.07, 6.45) is 7.10. The summed E-state index contributed by atoms with van der Waals surface area (Å²) in [5, 5.41) is 3.13. The number of amides is 1. The molecule has 3 aromatic heterocycles. The highest BCUT2D eigenvalue weighted by atomic mass is 35.5. The van der Waals surface area contributed by atoms with Crippen LogP contribution in [0.2, 0.25) is 5.02 Å². The van der Waals surface area contributed by atoms with E-state index in [1.165, 1.54) is 13.1 Å². The van der Waals surface area contributed by atoms with Crippen molar-refractivity contribution in [3.63, 3.8) is 0 Å². The molecule has 0 fully saturated rings. The van der Waals surface area contributed by atoms with E-state index >= 15 is 0 Å². The molecule has 1 amide bonds. The number of pyridine rings is 2. The molecule has 0 radical (unpaired) electrons. The Balaban J connectivity index is 1.53. The van der Waals surface area contributed by atoms with Gasteiger partial charge in [-0.05, 0) is 43.3 Å². The van der Waals surface area contributed by atoms with Gasteiger partial charge in [0.15, 0.2) is 0 Å². The molecule has 154 valence electrons. The number of nitrogens with one attached hydrogen (secondary N) is 1. The molecule has 4 aromatic rings. The number of anilines is 1. The number of aromatic nitrogens is 4. The van der Waals surface area contributed by atoms with Gasteiger partial charge in [-0.1, -0.05) is 11.6 Å². The predicted octanol–water partition coefficient (Wildman–Crippen LogP) is 5.08. The Hall–Kier alpha value is -3.91. The van der Waals surface area contributed by atoms with E-state index in [-0.39, 0.29) is 17.1 Å². The van der Waals surface area contributed by atoms with E-state index in [1.807, 2.05) is 0 Å². The molecule has 0 unspecified atom stereocenters. The minimum Gasteiger partial charge on any atom is -0.424 e. The molecule has 1 N–H and O–H groups in total. The first-order chi connectivity index (χ1) is 15.0. The molecule has 0 atom stereocenters. The maximum atomic E-state index is 13.6. The van der Waals surface area contributed by atoms with Gasteiger partial charge < -0.3 is 10.1 Å². The molecule has 0 bridgehead atoms. The molecule has 0 aliphatic heterocycles. The van der Waals surface area contributed by atoms with Crippen LogP contribution in [0.5, 0.6) is 11.8 Å². The Morgan fingerprint density at radius 1 is 1.06 bits per heavy atom. The van der Waals surface area contributed by atoms with E-state index in [0.717, 1.165) is 6.20 Å². The molecule has 0 saturated heterocycles. The number of rotatable bonds is 5. The Labute approximate surface area is 182 Å². The van der Waals surface area contributed by atoms with Gasteiger partial charge in [-0.15, -0.1) is 0 Å². The standard InChI is InChI=1S/C22H15ClFN5O2/c1-13-17(11-25-12-19(13)24)21(30)29-20-6-3-14(10-28-20)16-9-15(4-5-18(16)23)31-22-26-7-2-8-27-22/h2-12H,1H3,(H,28,29,30). The number of carbonyl (C=O) groups is 1. The van der Waals surface area contributed by atoms with E-state index in [4.69, 9.17) is 16.3 Å². The van der Waals surface area contributed by atoms with Gasteiger partial charge in [-0.25, -0.2) is 19.3 Å². The maximum Gasteiger partial charge on any atom is 0.321 e. The number of hydrogen-bond donors (Lipinski definition) is 1. The average molecular weight is 436 g/mol. The summed E-state index contributed by atoms with van der Waals surface area (Å²) in [6.45, 7) is 1.51. The van der Waals surface area contributed by atoms with Gasteiger partial charge in [0.25, 0.3) is 5.91 Å². The Morgan fingerprint density at radius 3 is 2.61 bits per heavy atom. The van der Waals surface area contributed by atoms with Crippen molar-refractivity contribution < 1.29 is 13.9 Å². The van der Waals surface area contributed by atoms with Crippen LogP contribution in [0, 0.1) is 12.7 Å². The molecular formula is C22H15ClFN5O2. The monoisotopic (exact) mass is 435 g/mol. The lowest BCUT2D eigenvalue weighted by molar-refractivity contribution is 0.102. The highest BCUT2D eigenvalue weighted by Crippen LogP contribution is 2.32. The highest BCUT2D eigenvalue weighted by Gasteiger charge is 2.14. The molecule has 0 saturated carbocycles. The van der Waals surface area contributed by atoms with Crippen molar-refractivity contribution in [1.82, 2.24) is 19.9 Å². The van der Waals surface area contributed by atoms with Gasteiger partial charge in [0.05, 0.1) is 11.8 Å². The Morgan fingerprint density at radius 2 is 1.87 bits per heavy atom. The number of benzene rings is 1. The second kappa shape index (κ2) is 8.85. The topological polar surface area (TPSA) is 89.9 Å². The predicted molar refractivity (Wildman–Crippen MR) is 114 cm³/mol. The van der Waals surface area contributed by atoms with E-state index in [2.05, 4.69) is 25.3 Å². The number of hydrogen-bond acceptors (Lipinski definition) is 6. The SMILES string of the molecule is Cc1c(F)cncc1C(=O)Nc1ccc(-c2cc(Oc3ncccn3)ccc2Cl)cn1. The third-order valence-corrected chi connectivity index (χ3v) is 4.73. The first-order valence-electron chi connectivity index (χ1n) is 9.13. The zero-order valence-electron chi connectivity index (χ0n) is 16.2. The van der Waals surface area contributed by atoms with Crippen molar-refractivity contribution in [2.45, 2.75) is 6.92 Å². The van der Waals surface area contributed by atoms with E-state index in [1.54, 1.807) is 55.0 Å². The van der Waals surface area contributed by atoms with Crippen LogP contribution in [-0.2, 0) is 0 Å². The summed E-state index contributed by atoms with van der Waals surface area (Å²) in [5.74, 6) is -0.231. The van der Waals surface area contributed by atoms with Crippen LogP contribution in [0.3, 0.4) is 0 Å². The number of carbonyl (C=O) groups excluding carboxylic acids is 1. The maximum absolute atomic E-state index is 13.6. The van der Waals surface area contributed by atoms with Gasteiger partial charge >= 0.3 is 6.01 Å². The summed E-state index contributed by atoms with van der Waals surface area (Å²) in [4.78, 5) is 28.4. The zero-order valence-corrected chi connectivity index (χ0v) is 17.0. The average Bonchev–Trinajstić information content (AvgIpc) is 2.78. The Bertz CT molecular complexity index is 1240. The van der Waals surface area contributed by atoms with E-state index in [9.17, 15) is 9.18 Å². The summed E-state index contributed by atoms with van der Waals surface area (Å²) in [6, 6.07) is 10.4. The van der Waals surface area contributed by atoms with Crippen LogP contribution in [0.4, 0.5) is 10.2 Å². The lowest BCUT2D eigenvalue weighted by Crippen LogP contribution is -2.15. The van der Waals surface area contributed by atoms with Crippen LogP contribution in [0.25, 0.3) is 11.1 Å². The molecule has 0 aliphatic rings. The van der Waals surface area contributed by atoms with Gasteiger partial charge in [0.1, 0.15) is 17.4 Å². The van der Waals surface area contributed by atoms with Gasteiger partial charge in [-0.2, -0.15) is 0 Å². The second-order valence-electron chi connectivity index (χ2n) is 6.46. The van der Waals surface area contributed by atoms with Crippen LogP contribution in [0.1, 0.15) is 15.9 Å². The molecular weight excluding hydrogens is 421 g/mol.